The van der Waals surface area contributed by atoms with Gasteiger partial charge in [0.05, 0.1) is 0 Å². The van der Waals surface area contributed by atoms with Crippen molar-refractivity contribution in [2.24, 2.45) is 0 Å². The van der Waals surface area contributed by atoms with E-state index in [1.54, 1.807) is 12.1 Å². The third-order valence-corrected chi connectivity index (χ3v) is 3.06. The molecule has 0 spiro atoms. The molecular weight excluding hydrogens is 304 g/mol. The van der Waals surface area contributed by atoms with Crippen LogP contribution < -0.4 is 22.5 Å². The van der Waals surface area contributed by atoms with Crippen LogP contribution in [-0.4, -0.2) is 19.1 Å². The second kappa shape index (κ2) is 6.41. The molecule has 10 nitrogen and oxygen atoms in total. The second-order valence-corrected chi connectivity index (χ2v) is 4.57. The lowest BCUT2D eigenvalue weighted by Gasteiger charge is -2.07. The van der Waals surface area contributed by atoms with Gasteiger partial charge in [-0.15, -0.1) is 0 Å². The Hall–Kier alpha value is -3.66. The molecule has 2 aromatic rings. The van der Waals surface area contributed by atoms with E-state index in [1.165, 1.54) is 0 Å². The van der Waals surface area contributed by atoms with E-state index in [2.05, 4.69) is 0 Å². The van der Waals surface area contributed by atoms with Gasteiger partial charge in [-0.25, -0.2) is 9.59 Å². The molecule has 2 aromatic heterocycles. The molecule has 2 rings (SSSR count). The summed E-state index contributed by atoms with van der Waals surface area (Å²) in [5.41, 5.74) is -3.25. The first-order chi connectivity index (χ1) is 11.0. The molecule has 23 heavy (non-hydrogen) atoms. The number of hydrogen-bond donors (Lipinski definition) is 2. The van der Waals surface area contributed by atoms with Gasteiger partial charge in [0.25, 0.3) is 11.1 Å². The summed E-state index contributed by atoms with van der Waals surface area (Å²) in [5.74, 6) is 0. The molecule has 0 aliphatic rings. The van der Waals surface area contributed by atoms with Crippen molar-refractivity contribution in [3.8, 4) is 12.1 Å². The van der Waals surface area contributed by atoms with Crippen LogP contribution >= 0.6 is 0 Å². The molecule has 0 aliphatic carbocycles. The summed E-state index contributed by atoms with van der Waals surface area (Å²) < 4.78 is 2.28. The number of nitrogens with one attached hydrogen (secondary N) is 2. The van der Waals surface area contributed by atoms with Crippen molar-refractivity contribution >= 4 is 0 Å². The van der Waals surface area contributed by atoms with Gasteiger partial charge in [-0.1, -0.05) is 0 Å². The zero-order chi connectivity index (χ0) is 17.0. The standard InChI is InChI=1S/C13H10N6O4/c14-4-8-6-18(12(22)16-10(8)20)2-1-3-19-7-9(5-15)11(21)17-13(19)23/h6-7H,1-3H2,(H,16,20,22)(H,17,21,23). The lowest BCUT2D eigenvalue weighted by molar-refractivity contribution is 0.527. The Bertz CT molecular complexity index is 971. The number of hydrogen-bond acceptors (Lipinski definition) is 6. The summed E-state index contributed by atoms with van der Waals surface area (Å²) in [6.07, 6.45) is 2.57. The highest BCUT2D eigenvalue weighted by molar-refractivity contribution is 5.22. The van der Waals surface area contributed by atoms with E-state index >= 15 is 0 Å². The highest BCUT2D eigenvalue weighted by Gasteiger charge is 2.06. The third-order valence-electron chi connectivity index (χ3n) is 3.06. The Kier molecular flexibility index (Phi) is 4.38. The zero-order valence-corrected chi connectivity index (χ0v) is 11.7. The van der Waals surface area contributed by atoms with E-state index in [0.717, 1.165) is 21.5 Å². The summed E-state index contributed by atoms with van der Waals surface area (Å²) in [7, 11) is 0. The van der Waals surface area contributed by atoms with Crippen molar-refractivity contribution in [1.82, 2.24) is 19.1 Å². The Morgan fingerprint density at radius 2 is 1.22 bits per heavy atom. The highest BCUT2D eigenvalue weighted by Crippen LogP contribution is 1.93. The van der Waals surface area contributed by atoms with E-state index in [4.69, 9.17) is 10.5 Å². The van der Waals surface area contributed by atoms with Crippen LogP contribution in [0, 0.1) is 22.7 Å². The van der Waals surface area contributed by atoms with Gasteiger partial charge >= 0.3 is 11.4 Å². The smallest absolute Gasteiger partial charge is 0.299 e. The number of aromatic amines is 2. The van der Waals surface area contributed by atoms with Gasteiger partial charge in [0.15, 0.2) is 0 Å². The number of nitrogens with zero attached hydrogens (tertiary/aromatic N) is 4. The molecule has 0 bridgehead atoms. The number of H-pyrrole nitrogens is 2. The molecule has 10 heteroatoms. The normalized spacial score (nSPS) is 10.0. The molecule has 116 valence electrons. The summed E-state index contributed by atoms with van der Waals surface area (Å²) in [5, 5.41) is 17.5. The van der Waals surface area contributed by atoms with Gasteiger partial charge in [-0.2, -0.15) is 10.5 Å². The van der Waals surface area contributed by atoms with Crippen LogP contribution in [0.1, 0.15) is 17.5 Å². The molecule has 0 aliphatic heterocycles. The highest BCUT2D eigenvalue weighted by atomic mass is 16.2. The van der Waals surface area contributed by atoms with Crippen LogP contribution in [0.25, 0.3) is 0 Å². The summed E-state index contributed by atoms with van der Waals surface area (Å²) >= 11 is 0. The number of aromatic nitrogens is 4. The third kappa shape index (κ3) is 3.33. The zero-order valence-electron chi connectivity index (χ0n) is 11.7. The Morgan fingerprint density at radius 1 is 0.826 bits per heavy atom. The van der Waals surface area contributed by atoms with Gasteiger partial charge in [0, 0.05) is 25.5 Å². The minimum absolute atomic E-state index is 0.137. The molecule has 0 atom stereocenters. The summed E-state index contributed by atoms with van der Waals surface area (Å²) in [6.45, 7) is 0.273. The van der Waals surface area contributed by atoms with Crippen LogP contribution in [0.5, 0.6) is 0 Å². The molecule has 0 fully saturated rings. The van der Waals surface area contributed by atoms with Crippen molar-refractivity contribution in [2.75, 3.05) is 0 Å². The fraction of sp³-hybridized carbons (Fsp3) is 0.231. The topological polar surface area (TPSA) is 157 Å². The van der Waals surface area contributed by atoms with E-state index in [-0.39, 0.29) is 24.2 Å². The van der Waals surface area contributed by atoms with Crippen molar-refractivity contribution in [2.45, 2.75) is 19.5 Å². The number of nitriles is 2. The van der Waals surface area contributed by atoms with E-state index in [9.17, 15) is 19.2 Å². The van der Waals surface area contributed by atoms with Crippen molar-refractivity contribution in [3.05, 3.63) is 65.2 Å². The maximum Gasteiger partial charge on any atom is 0.328 e. The predicted octanol–water partition coefficient (Wildman–Crippen LogP) is -1.78. The molecule has 0 amide bonds. The molecule has 0 unspecified atom stereocenters. The second-order valence-electron chi connectivity index (χ2n) is 4.57. The quantitative estimate of drug-likeness (QED) is 0.679. The lowest BCUT2D eigenvalue weighted by Crippen LogP contribution is -2.33. The van der Waals surface area contributed by atoms with Crippen molar-refractivity contribution < 1.29 is 0 Å². The van der Waals surface area contributed by atoms with Crippen LogP contribution in [0.3, 0.4) is 0 Å². The molecule has 2 heterocycles. The maximum atomic E-state index is 11.6. The van der Waals surface area contributed by atoms with Crippen LogP contribution in [0.15, 0.2) is 31.6 Å². The van der Waals surface area contributed by atoms with Gasteiger partial charge < -0.3 is 0 Å². The fourth-order valence-electron chi connectivity index (χ4n) is 1.92. The minimum Gasteiger partial charge on any atom is -0.299 e. The van der Waals surface area contributed by atoms with Crippen LogP contribution in [0.2, 0.25) is 0 Å². The Morgan fingerprint density at radius 3 is 1.57 bits per heavy atom. The average molecular weight is 314 g/mol. The number of rotatable bonds is 4. The van der Waals surface area contributed by atoms with Crippen LogP contribution in [0.4, 0.5) is 0 Å². The van der Waals surface area contributed by atoms with E-state index in [1.807, 2.05) is 9.97 Å². The van der Waals surface area contributed by atoms with E-state index in [0.29, 0.717) is 6.42 Å². The first-order valence-corrected chi connectivity index (χ1v) is 6.44. The summed E-state index contributed by atoms with van der Waals surface area (Å²) in [4.78, 5) is 49.8. The van der Waals surface area contributed by atoms with Gasteiger partial charge in [0.1, 0.15) is 23.3 Å². The Labute approximate surface area is 127 Å². The Balaban J connectivity index is 2.19. The van der Waals surface area contributed by atoms with E-state index < -0.39 is 22.5 Å². The molecule has 0 aromatic carbocycles. The monoisotopic (exact) mass is 314 g/mol. The minimum atomic E-state index is -0.760. The summed E-state index contributed by atoms with van der Waals surface area (Å²) in [6, 6.07) is 3.33. The first-order valence-electron chi connectivity index (χ1n) is 6.44. The van der Waals surface area contributed by atoms with Crippen LogP contribution in [-0.2, 0) is 13.1 Å². The predicted molar refractivity (Wildman–Crippen MR) is 76.7 cm³/mol. The average Bonchev–Trinajstić information content (AvgIpc) is 2.51. The lowest BCUT2D eigenvalue weighted by atomic mass is 10.3. The molecule has 0 saturated carbocycles. The largest absolute Gasteiger partial charge is 0.328 e. The first kappa shape index (κ1) is 15.7. The molecular formula is C13H10N6O4. The number of aryl methyl sites for hydroxylation is 2. The van der Waals surface area contributed by atoms with Gasteiger partial charge in [-0.3, -0.25) is 28.7 Å². The fourth-order valence-corrected chi connectivity index (χ4v) is 1.92. The SMILES string of the molecule is N#Cc1cn(CCCn2cc(C#N)c(=O)[nH]c2=O)c(=O)[nH]c1=O. The molecule has 2 N–H and O–H groups in total. The molecule has 0 saturated heterocycles. The van der Waals surface area contributed by atoms with Crippen molar-refractivity contribution in [1.29, 1.82) is 10.5 Å². The van der Waals surface area contributed by atoms with Crippen molar-refractivity contribution in [3.63, 3.8) is 0 Å². The molecule has 0 radical (unpaired) electrons. The van der Waals surface area contributed by atoms with Gasteiger partial charge in [0.2, 0.25) is 0 Å². The van der Waals surface area contributed by atoms with Gasteiger partial charge in [-0.05, 0) is 6.42 Å². The maximum absolute atomic E-state index is 11.6.